The number of rotatable bonds is 2. The van der Waals surface area contributed by atoms with Gasteiger partial charge in [-0.25, -0.2) is 4.39 Å². The van der Waals surface area contributed by atoms with E-state index in [0.29, 0.717) is 32.4 Å². The third kappa shape index (κ3) is 2.60. The predicted octanol–water partition coefficient (Wildman–Crippen LogP) is 5.04. The van der Waals surface area contributed by atoms with Crippen LogP contribution in [0.5, 0.6) is 0 Å². The molecule has 0 aliphatic heterocycles. The summed E-state index contributed by atoms with van der Waals surface area (Å²) >= 11 is 12.2. The second kappa shape index (κ2) is 5.39. The number of hydrogen-bond acceptors (Lipinski definition) is 3. The van der Waals surface area contributed by atoms with Crippen LogP contribution in [0.2, 0.25) is 10.0 Å². The van der Waals surface area contributed by atoms with Crippen LogP contribution in [0.25, 0.3) is 22.4 Å². The zero-order valence-electron chi connectivity index (χ0n) is 10.6. The van der Waals surface area contributed by atoms with Gasteiger partial charge in [0, 0.05) is 10.6 Å². The van der Waals surface area contributed by atoms with Gasteiger partial charge in [-0.05, 0) is 35.9 Å². The van der Waals surface area contributed by atoms with Crippen molar-refractivity contribution in [2.24, 2.45) is 0 Å². The third-order valence-electron chi connectivity index (χ3n) is 3.02. The molecule has 106 valence electrons. The maximum absolute atomic E-state index is 13.4. The molecule has 1 heterocycles. The van der Waals surface area contributed by atoms with E-state index in [-0.39, 0.29) is 11.7 Å². The number of anilines is 1. The Balaban J connectivity index is 2.24. The van der Waals surface area contributed by atoms with Gasteiger partial charge in [0.2, 0.25) is 5.88 Å². The molecular formula is C15H9Cl2FN2O. The average Bonchev–Trinajstić information content (AvgIpc) is 2.83. The number of benzene rings is 2. The van der Waals surface area contributed by atoms with Crippen LogP contribution in [0.15, 0.2) is 47.0 Å². The Kier molecular flexibility index (Phi) is 3.57. The van der Waals surface area contributed by atoms with E-state index >= 15 is 0 Å². The second-order valence-corrected chi connectivity index (χ2v) is 5.25. The van der Waals surface area contributed by atoms with E-state index in [1.165, 1.54) is 12.1 Å². The van der Waals surface area contributed by atoms with Crippen molar-refractivity contribution in [1.29, 1.82) is 0 Å². The lowest BCUT2D eigenvalue weighted by Gasteiger charge is -2.05. The Morgan fingerprint density at radius 3 is 2.67 bits per heavy atom. The van der Waals surface area contributed by atoms with Gasteiger partial charge in [0.15, 0.2) is 0 Å². The van der Waals surface area contributed by atoms with Crippen LogP contribution < -0.4 is 5.73 Å². The minimum absolute atomic E-state index is 0.0895. The number of aromatic nitrogens is 1. The van der Waals surface area contributed by atoms with Gasteiger partial charge in [-0.2, -0.15) is 0 Å². The summed E-state index contributed by atoms with van der Waals surface area (Å²) in [5.41, 5.74) is 7.86. The largest absolute Gasteiger partial charge is 0.367 e. The minimum Gasteiger partial charge on any atom is -0.367 e. The molecule has 2 N–H and O–H groups in total. The molecule has 0 aliphatic carbocycles. The molecular weight excluding hydrogens is 314 g/mol. The zero-order chi connectivity index (χ0) is 15.0. The molecule has 0 unspecified atom stereocenters. The van der Waals surface area contributed by atoms with E-state index in [4.69, 9.17) is 33.5 Å². The molecule has 0 radical (unpaired) electrons. The molecule has 6 heteroatoms. The molecule has 0 aliphatic rings. The molecule has 2 aromatic carbocycles. The lowest BCUT2D eigenvalue weighted by atomic mass is 10.0. The number of nitrogens with two attached hydrogens (primary N) is 1. The molecule has 0 amide bonds. The van der Waals surface area contributed by atoms with E-state index < -0.39 is 0 Å². The fourth-order valence-corrected chi connectivity index (χ4v) is 2.47. The highest BCUT2D eigenvalue weighted by Gasteiger charge is 2.20. The maximum atomic E-state index is 13.4. The third-order valence-corrected chi connectivity index (χ3v) is 3.58. The van der Waals surface area contributed by atoms with Gasteiger partial charge in [-0.15, -0.1) is 0 Å². The van der Waals surface area contributed by atoms with Crippen molar-refractivity contribution < 1.29 is 8.91 Å². The minimum atomic E-state index is -0.378. The van der Waals surface area contributed by atoms with Gasteiger partial charge in [0.05, 0.1) is 10.6 Å². The molecule has 0 fully saturated rings. The predicted molar refractivity (Wildman–Crippen MR) is 81.8 cm³/mol. The molecule has 0 bridgehead atoms. The summed E-state index contributed by atoms with van der Waals surface area (Å²) in [6.07, 6.45) is 0. The Labute approximate surface area is 130 Å². The van der Waals surface area contributed by atoms with Crippen molar-refractivity contribution in [2.45, 2.75) is 0 Å². The number of nitrogen functional groups attached to an aromatic ring is 1. The van der Waals surface area contributed by atoms with E-state index in [0.717, 1.165) is 0 Å². The molecule has 0 spiro atoms. The lowest BCUT2D eigenvalue weighted by molar-refractivity contribution is 0.439. The average molecular weight is 323 g/mol. The van der Waals surface area contributed by atoms with Crippen LogP contribution in [0.1, 0.15) is 0 Å². The van der Waals surface area contributed by atoms with E-state index in [9.17, 15) is 4.39 Å². The monoisotopic (exact) mass is 322 g/mol. The first-order valence-corrected chi connectivity index (χ1v) is 6.78. The fraction of sp³-hybridized carbons (Fsp3) is 0. The first-order chi connectivity index (χ1) is 10.1. The highest BCUT2D eigenvalue weighted by atomic mass is 35.5. The number of nitrogens with zero attached hydrogens (tertiary/aromatic N) is 1. The quantitative estimate of drug-likeness (QED) is 0.719. The van der Waals surface area contributed by atoms with Crippen molar-refractivity contribution in [3.8, 4) is 22.4 Å². The van der Waals surface area contributed by atoms with Crippen molar-refractivity contribution in [1.82, 2.24) is 5.16 Å². The molecule has 0 saturated carbocycles. The van der Waals surface area contributed by atoms with Gasteiger partial charge in [0.1, 0.15) is 11.5 Å². The number of halogens is 3. The molecule has 3 nitrogen and oxygen atoms in total. The Morgan fingerprint density at radius 1 is 1.10 bits per heavy atom. The second-order valence-electron chi connectivity index (χ2n) is 4.40. The molecule has 1 aromatic heterocycles. The molecule has 21 heavy (non-hydrogen) atoms. The van der Waals surface area contributed by atoms with Gasteiger partial charge in [0.25, 0.3) is 0 Å². The summed E-state index contributed by atoms with van der Waals surface area (Å²) in [6, 6.07) is 11.0. The summed E-state index contributed by atoms with van der Waals surface area (Å²) < 4.78 is 18.5. The zero-order valence-corrected chi connectivity index (χ0v) is 12.1. The van der Waals surface area contributed by atoms with E-state index in [1.54, 1.807) is 30.3 Å². The molecule has 3 rings (SSSR count). The van der Waals surface area contributed by atoms with Gasteiger partial charge >= 0.3 is 0 Å². The Bertz CT molecular complexity index is 817. The summed E-state index contributed by atoms with van der Waals surface area (Å²) in [4.78, 5) is 0. The first-order valence-electron chi connectivity index (χ1n) is 6.03. The van der Waals surface area contributed by atoms with Crippen LogP contribution in [-0.4, -0.2) is 5.16 Å². The van der Waals surface area contributed by atoms with E-state index in [2.05, 4.69) is 5.16 Å². The molecule has 0 saturated heterocycles. The summed E-state index contributed by atoms with van der Waals surface area (Å²) in [5, 5.41) is 4.88. The maximum Gasteiger partial charge on any atom is 0.230 e. The summed E-state index contributed by atoms with van der Waals surface area (Å²) in [7, 11) is 0. The van der Waals surface area contributed by atoms with Crippen molar-refractivity contribution in [3.05, 3.63) is 58.3 Å². The van der Waals surface area contributed by atoms with Crippen LogP contribution in [-0.2, 0) is 0 Å². The van der Waals surface area contributed by atoms with Crippen LogP contribution >= 0.6 is 23.2 Å². The lowest BCUT2D eigenvalue weighted by Crippen LogP contribution is -1.89. The first kappa shape index (κ1) is 13.9. The standard InChI is InChI=1S/C15H9Cl2FN2O/c16-9-4-5-12(17)11(7-9)14-13(15(19)21-20-14)8-2-1-3-10(18)6-8/h1-7H,19H2. The van der Waals surface area contributed by atoms with Crippen LogP contribution in [0.4, 0.5) is 10.3 Å². The Morgan fingerprint density at radius 2 is 1.90 bits per heavy atom. The van der Waals surface area contributed by atoms with Gasteiger partial charge < -0.3 is 10.3 Å². The van der Waals surface area contributed by atoms with Gasteiger partial charge in [-0.3, -0.25) is 0 Å². The number of hydrogen-bond donors (Lipinski definition) is 1. The SMILES string of the molecule is Nc1onc(-c2cc(Cl)ccc2Cl)c1-c1cccc(F)c1. The highest BCUT2D eigenvalue weighted by Crippen LogP contribution is 2.39. The summed E-state index contributed by atoms with van der Waals surface area (Å²) in [6.45, 7) is 0. The normalized spacial score (nSPS) is 10.8. The molecule has 3 aromatic rings. The van der Waals surface area contributed by atoms with Crippen LogP contribution in [0.3, 0.4) is 0 Å². The Hall–Kier alpha value is -2.04. The summed E-state index contributed by atoms with van der Waals surface area (Å²) in [5.74, 6) is -0.289. The smallest absolute Gasteiger partial charge is 0.230 e. The van der Waals surface area contributed by atoms with Crippen molar-refractivity contribution in [2.75, 3.05) is 5.73 Å². The highest BCUT2D eigenvalue weighted by molar-refractivity contribution is 6.35. The van der Waals surface area contributed by atoms with Gasteiger partial charge in [-0.1, -0.05) is 40.5 Å². The van der Waals surface area contributed by atoms with E-state index in [1.807, 2.05) is 0 Å². The molecule has 0 atom stereocenters. The van der Waals surface area contributed by atoms with Crippen molar-refractivity contribution >= 4 is 29.1 Å². The topological polar surface area (TPSA) is 52.0 Å². The van der Waals surface area contributed by atoms with Crippen LogP contribution in [0, 0.1) is 5.82 Å². The van der Waals surface area contributed by atoms with Crippen molar-refractivity contribution in [3.63, 3.8) is 0 Å². The fourth-order valence-electron chi connectivity index (χ4n) is 2.09.